The first-order chi connectivity index (χ1) is 14.5. The highest BCUT2D eigenvalue weighted by Crippen LogP contribution is 2.21. The van der Waals surface area contributed by atoms with Crippen LogP contribution in [-0.2, 0) is 11.2 Å². The Morgan fingerprint density at radius 1 is 1.30 bits per heavy atom. The van der Waals surface area contributed by atoms with Crippen molar-refractivity contribution in [3.8, 4) is 6.07 Å². The second-order valence-electron chi connectivity index (χ2n) is 7.15. The van der Waals surface area contributed by atoms with Gasteiger partial charge in [-0.1, -0.05) is 0 Å². The van der Waals surface area contributed by atoms with Crippen LogP contribution in [0.2, 0.25) is 0 Å². The van der Waals surface area contributed by atoms with Gasteiger partial charge in [-0.25, -0.2) is 14.3 Å². The lowest BCUT2D eigenvalue weighted by molar-refractivity contribution is -0.116. The van der Waals surface area contributed by atoms with E-state index in [1.54, 1.807) is 21.5 Å². The average molecular weight is 403 g/mol. The molecule has 0 bridgehead atoms. The van der Waals surface area contributed by atoms with E-state index in [0.717, 1.165) is 22.6 Å². The summed E-state index contributed by atoms with van der Waals surface area (Å²) < 4.78 is 1.64. The normalized spacial score (nSPS) is 13.4. The number of urea groups is 1. The molecular weight excluding hydrogens is 382 g/mol. The summed E-state index contributed by atoms with van der Waals surface area (Å²) in [5.74, 6) is -0.112. The minimum atomic E-state index is -0.112. The maximum absolute atomic E-state index is 12.4. The fourth-order valence-electron chi connectivity index (χ4n) is 3.66. The van der Waals surface area contributed by atoms with Crippen LogP contribution < -0.4 is 15.5 Å². The highest BCUT2D eigenvalue weighted by atomic mass is 16.2. The maximum Gasteiger partial charge on any atom is 0.321 e. The first-order valence-corrected chi connectivity index (χ1v) is 9.67. The largest absolute Gasteiger partial charge is 0.336 e. The number of rotatable bonds is 5. The van der Waals surface area contributed by atoms with Crippen LogP contribution in [0.25, 0.3) is 5.65 Å². The van der Waals surface area contributed by atoms with Crippen molar-refractivity contribution in [2.45, 2.75) is 26.7 Å². The van der Waals surface area contributed by atoms with E-state index < -0.39 is 0 Å². The number of nitrogens with zero attached hydrogens (tertiary/aromatic N) is 5. The van der Waals surface area contributed by atoms with Crippen LogP contribution in [0.3, 0.4) is 0 Å². The SMILES string of the molecule is Cc1nc2c(C#N)cnn2c(C)c1CCC(=O)Nc1ccc(N2CCNC2=O)cc1. The van der Waals surface area contributed by atoms with Crippen LogP contribution in [0.15, 0.2) is 30.5 Å². The standard InChI is InChI=1S/C21H21N7O2/c1-13-18(14(2)28-20(25-13)15(11-22)12-24-28)7-8-19(29)26-16-3-5-17(6-4-16)27-10-9-23-21(27)30/h3-6,12H,7-10H2,1-2H3,(H,23,30)(H,26,29). The zero-order valence-electron chi connectivity index (χ0n) is 16.8. The minimum absolute atomic E-state index is 0.109. The molecule has 2 N–H and O–H groups in total. The van der Waals surface area contributed by atoms with Crippen molar-refractivity contribution >= 4 is 29.0 Å². The highest BCUT2D eigenvalue weighted by molar-refractivity contribution is 5.95. The van der Waals surface area contributed by atoms with E-state index in [4.69, 9.17) is 5.26 Å². The summed E-state index contributed by atoms with van der Waals surface area (Å²) in [5.41, 5.74) is 5.05. The number of aryl methyl sites for hydroxylation is 2. The van der Waals surface area contributed by atoms with Crippen molar-refractivity contribution in [3.05, 3.63) is 53.0 Å². The number of hydrogen-bond acceptors (Lipinski definition) is 5. The third kappa shape index (κ3) is 3.55. The Labute approximate surface area is 173 Å². The molecule has 0 spiro atoms. The molecule has 9 nitrogen and oxygen atoms in total. The molecule has 0 saturated carbocycles. The molecule has 9 heteroatoms. The third-order valence-corrected chi connectivity index (χ3v) is 5.25. The van der Waals surface area contributed by atoms with Crippen molar-refractivity contribution in [1.29, 1.82) is 5.26 Å². The van der Waals surface area contributed by atoms with Crippen molar-refractivity contribution < 1.29 is 9.59 Å². The van der Waals surface area contributed by atoms with Gasteiger partial charge in [0.1, 0.15) is 11.6 Å². The molecular formula is C21H21N7O2. The zero-order valence-corrected chi connectivity index (χ0v) is 16.8. The Balaban J connectivity index is 1.41. The number of hydrogen-bond donors (Lipinski definition) is 2. The highest BCUT2D eigenvalue weighted by Gasteiger charge is 2.21. The van der Waals surface area contributed by atoms with Gasteiger partial charge in [-0.3, -0.25) is 9.69 Å². The summed E-state index contributed by atoms with van der Waals surface area (Å²) in [6.45, 7) is 5.05. The van der Waals surface area contributed by atoms with E-state index in [-0.39, 0.29) is 18.4 Å². The van der Waals surface area contributed by atoms with E-state index in [9.17, 15) is 9.59 Å². The number of aromatic nitrogens is 3. The van der Waals surface area contributed by atoms with Gasteiger partial charge in [-0.05, 0) is 50.1 Å². The topological polar surface area (TPSA) is 115 Å². The second-order valence-corrected chi connectivity index (χ2v) is 7.15. The fourth-order valence-corrected chi connectivity index (χ4v) is 3.66. The fraction of sp³-hybridized carbons (Fsp3) is 0.286. The number of carbonyl (C=O) groups is 2. The Morgan fingerprint density at radius 2 is 2.07 bits per heavy atom. The Kier molecular flexibility index (Phi) is 5.06. The van der Waals surface area contributed by atoms with Gasteiger partial charge in [0.25, 0.3) is 0 Å². The van der Waals surface area contributed by atoms with Crippen molar-refractivity contribution in [3.63, 3.8) is 0 Å². The third-order valence-electron chi connectivity index (χ3n) is 5.25. The van der Waals surface area contributed by atoms with Gasteiger partial charge in [0.15, 0.2) is 5.65 Å². The Hall–Kier alpha value is -3.93. The zero-order chi connectivity index (χ0) is 21.3. The smallest absolute Gasteiger partial charge is 0.321 e. The lowest BCUT2D eigenvalue weighted by Gasteiger charge is -2.15. The number of nitriles is 1. The van der Waals surface area contributed by atoms with E-state index in [2.05, 4.69) is 26.8 Å². The molecule has 152 valence electrons. The molecule has 0 aliphatic carbocycles. The van der Waals surface area contributed by atoms with Crippen LogP contribution in [-0.4, -0.2) is 39.6 Å². The first-order valence-electron chi connectivity index (χ1n) is 9.67. The van der Waals surface area contributed by atoms with Crippen molar-refractivity contribution in [2.24, 2.45) is 0 Å². The Bertz CT molecular complexity index is 1170. The van der Waals surface area contributed by atoms with E-state index in [0.29, 0.717) is 36.4 Å². The summed E-state index contributed by atoms with van der Waals surface area (Å²) in [7, 11) is 0. The minimum Gasteiger partial charge on any atom is -0.336 e. The summed E-state index contributed by atoms with van der Waals surface area (Å²) in [5, 5.41) is 19.0. The molecule has 1 saturated heterocycles. The molecule has 1 aliphatic rings. The molecule has 3 aromatic rings. The number of benzene rings is 1. The predicted octanol–water partition coefficient (Wildman–Crippen LogP) is 2.32. The van der Waals surface area contributed by atoms with Gasteiger partial charge in [-0.15, -0.1) is 0 Å². The van der Waals surface area contributed by atoms with E-state index in [1.165, 1.54) is 6.20 Å². The molecule has 30 heavy (non-hydrogen) atoms. The summed E-state index contributed by atoms with van der Waals surface area (Å²) >= 11 is 0. The molecule has 1 aromatic carbocycles. The number of carbonyl (C=O) groups excluding carboxylic acids is 2. The first kappa shape index (κ1) is 19.4. The monoisotopic (exact) mass is 403 g/mol. The van der Waals surface area contributed by atoms with Gasteiger partial charge in [0, 0.05) is 42.3 Å². The number of fused-ring (bicyclic) bond motifs is 1. The molecule has 1 aliphatic heterocycles. The predicted molar refractivity (Wildman–Crippen MR) is 111 cm³/mol. The number of nitrogens with one attached hydrogen (secondary N) is 2. The lowest BCUT2D eigenvalue weighted by Crippen LogP contribution is -2.27. The van der Waals surface area contributed by atoms with E-state index >= 15 is 0 Å². The molecule has 3 amide bonds. The van der Waals surface area contributed by atoms with Crippen LogP contribution in [0.5, 0.6) is 0 Å². The second kappa shape index (κ2) is 7.83. The number of amides is 3. The number of anilines is 2. The molecule has 0 atom stereocenters. The van der Waals surface area contributed by atoms with Gasteiger partial charge >= 0.3 is 6.03 Å². The molecule has 0 unspecified atom stereocenters. The van der Waals surface area contributed by atoms with Crippen LogP contribution in [0, 0.1) is 25.2 Å². The van der Waals surface area contributed by atoms with E-state index in [1.807, 2.05) is 26.0 Å². The molecule has 3 heterocycles. The molecule has 1 fully saturated rings. The average Bonchev–Trinajstić information content (AvgIpc) is 3.34. The van der Waals surface area contributed by atoms with Gasteiger partial charge in [-0.2, -0.15) is 10.4 Å². The van der Waals surface area contributed by atoms with Crippen molar-refractivity contribution in [2.75, 3.05) is 23.3 Å². The van der Waals surface area contributed by atoms with Crippen molar-refractivity contribution in [1.82, 2.24) is 19.9 Å². The molecule has 0 radical (unpaired) electrons. The van der Waals surface area contributed by atoms with Crippen LogP contribution >= 0.6 is 0 Å². The molecule has 4 rings (SSSR count). The van der Waals surface area contributed by atoms with Crippen LogP contribution in [0.4, 0.5) is 16.2 Å². The maximum atomic E-state index is 12.4. The lowest BCUT2D eigenvalue weighted by atomic mass is 10.1. The summed E-state index contributed by atoms with van der Waals surface area (Å²) in [6, 6.07) is 9.19. The van der Waals surface area contributed by atoms with Gasteiger partial charge < -0.3 is 10.6 Å². The summed E-state index contributed by atoms with van der Waals surface area (Å²) in [4.78, 5) is 30.3. The molecule has 2 aromatic heterocycles. The van der Waals surface area contributed by atoms with Gasteiger partial charge in [0.05, 0.1) is 6.20 Å². The van der Waals surface area contributed by atoms with Gasteiger partial charge in [0.2, 0.25) is 5.91 Å². The Morgan fingerprint density at radius 3 is 2.73 bits per heavy atom. The van der Waals surface area contributed by atoms with Crippen LogP contribution in [0.1, 0.15) is 28.9 Å². The summed E-state index contributed by atoms with van der Waals surface area (Å²) in [6.07, 6.45) is 2.30. The quantitative estimate of drug-likeness (QED) is 0.678.